The van der Waals surface area contributed by atoms with E-state index in [9.17, 15) is 14.4 Å². The summed E-state index contributed by atoms with van der Waals surface area (Å²) in [6.07, 6.45) is 1.19. The third-order valence-corrected chi connectivity index (χ3v) is 2.07. The molecule has 0 fully saturated rings. The summed E-state index contributed by atoms with van der Waals surface area (Å²) in [5.74, 6) is 0. The quantitative estimate of drug-likeness (QED) is 0.614. The van der Waals surface area contributed by atoms with Gasteiger partial charge in [-0.1, -0.05) is 0 Å². The van der Waals surface area contributed by atoms with Gasteiger partial charge in [0.1, 0.15) is 0 Å². The highest BCUT2D eigenvalue weighted by atomic mass is 32.2. The molecule has 1 heterocycles. The lowest BCUT2D eigenvalue weighted by atomic mass is 10.6. The Labute approximate surface area is 76.2 Å². The summed E-state index contributed by atoms with van der Waals surface area (Å²) in [7, 11) is 0. The van der Waals surface area contributed by atoms with Gasteiger partial charge in [-0.05, 0) is 6.26 Å². The molecular weight excluding hydrogens is 196 g/mol. The molecule has 2 N–H and O–H groups in total. The number of aromatic nitrogens is 2. The molecule has 13 heavy (non-hydrogen) atoms. The van der Waals surface area contributed by atoms with Crippen molar-refractivity contribution in [2.24, 2.45) is 0 Å². The zero-order valence-electron chi connectivity index (χ0n) is 6.60. The Bertz CT molecular complexity index is 447. The van der Waals surface area contributed by atoms with Crippen LogP contribution < -0.4 is 11.2 Å². The zero-order valence-corrected chi connectivity index (χ0v) is 7.42. The molecule has 6 nitrogen and oxygen atoms in total. The van der Waals surface area contributed by atoms with Gasteiger partial charge in [-0.3, -0.25) is 9.78 Å². The number of thioether (sulfide) groups is 1. The van der Waals surface area contributed by atoms with Crippen molar-refractivity contribution in [3.8, 4) is 0 Å². The van der Waals surface area contributed by atoms with Crippen molar-refractivity contribution in [2.45, 2.75) is 4.90 Å². The molecule has 0 saturated carbocycles. The molecule has 0 aliphatic heterocycles. The van der Waals surface area contributed by atoms with E-state index in [0.29, 0.717) is 4.57 Å². The maximum Gasteiger partial charge on any atom is 0.419 e. The number of nitrogens with zero attached hydrogens (tertiary/aromatic N) is 1. The van der Waals surface area contributed by atoms with Gasteiger partial charge in [-0.15, -0.1) is 11.8 Å². The molecule has 7 heteroatoms. The first-order valence-electron chi connectivity index (χ1n) is 3.19. The molecule has 0 saturated heterocycles. The Morgan fingerprint density at radius 2 is 2.23 bits per heavy atom. The van der Waals surface area contributed by atoms with E-state index in [2.05, 4.69) is 0 Å². The topological polar surface area (TPSA) is 92.2 Å². The molecule has 1 rings (SSSR count). The van der Waals surface area contributed by atoms with Crippen LogP contribution >= 0.6 is 11.8 Å². The van der Waals surface area contributed by atoms with E-state index in [1.807, 2.05) is 4.98 Å². The maximum absolute atomic E-state index is 11.0. The number of H-pyrrole nitrogens is 1. The number of nitrogens with one attached hydrogen (secondary N) is 1. The third kappa shape index (κ3) is 1.81. The Morgan fingerprint density at radius 3 is 2.69 bits per heavy atom. The number of hydrogen-bond donors (Lipinski definition) is 2. The summed E-state index contributed by atoms with van der Waals surface area (Å²) < 4.78 is 0.424. The second kappa shape index (κ2) is 3.48. The van der Waals surface area contributed by atoms with E-state index in [-0.39, 0.29) is 4.90 Å². The van der Waals surface area contributed by atoms with Gasteiger partial charge in [0.25, 0.3) is 5.56 Å². The van der Waals surface area contributed by atoms with Crippen LogP contribution in [0.1, 0.15) is 0 Å². The Kier molecular flexibility index (Phi) is 2.57. The van der Waals surface area contributed by atoms with Crippen molar-refractivity contribution < 1.29 is 9.90 Å². The summed E-state index contributed by atoms with van der Waals surface area (Å²) in [4.78, 5) is 34.3. The van der Waals surface area contributed by atoms with Crippen molar-refractivity contribution in [1.29, 1.82) is 0 Å². The summed E-state index contributed by atoms with van der Waals surface area (Å²) in [6.45, 7) is 0. The van der Waals surface area contributed by atoms with Gasteiger partial charge in [0.2, 0.25) is 0 Å². The molecule has 0 aliphatic carbocycles. The first kappa shape index (κ1) is 9.59. The van der Waals surface area contributed by atoms with Crippen LogP contribution in [0.3, 0.4) is 0 Å². The Balaban J connectivity index is 3.48. The van der Waals surface area contributed by atoms with Gasteiger partial charge >= 0.3 is 11.8 Å². The normalized spacial score (nSPS) is 9.92. The van der Waals surface area contributed by atoms with Gasteiger partial charge < -0.3 is 5.11 Å². The predicted molar refractivity (Wildman–Crippen MR) is 46.5 cm³/mol. The first-order chi connectivity index (χ1) is 6.06. The number of rotatable bonds is 1. The van der Waals surface area contributed by atoms with E-state index >= 15 is 0 Å². The summed E-state index contributed by atoms with van der Waals surface area (Å²) in [5.41, 5.74) is -1.52. The van der Waals surface area contributed by atoms with E-state index < -0.39 is 17.3 Å². The van der Waals surface area contributed by atoms with Gasteiger partial charge in [-0.25, -0.2) is 14.2 Å². The van der Waals surface area contributed by atoms with Crippen LogP contribution in [0.4, 0.5) is 4.79 Å². The van der Waals surface area contributed by atoms with Gasteiger partial charge in [0.05, 0.1) is 4.90 Å². The monoisotopic (exact) mass is 202 g/mol. The molecular formula is C6H6N2O4S. The van der Waals surface area contributed by atoms with E-state index in [0.717, 1.165) is 18.0 Å². The minimum absolute atomic E-state index is 0.182. The number of carbonyl (C=O) groups is 1. The van der Waals surface area contributed by atoms with Crippen LogP contribution in [0.15, 0.2) is 20.7 Å². The van der Waals surface area contributed by atoms with Crippen LogP contribution in [0.25, 0.3) is 0 Å². The molecule has 0 amide bonds. The molecule has 0 atom stereocenters. The van der Waals surface area contributed by atoms with Crippen LogP contribution in [0.2, 0.25) is 0 Å². The van der Waals surface area contributed by atoms with Crippen molar-refractivity contribution in [3.63, 3.8) is 0 Å². The maximum atomic E-state index is 11.0. The summed E-state index contributed by atoms with van der Waals surface area (Å²) in [6, 6.07) is 0. The number of carboxylic acid groups (broad SMARTS) is 1. The number of aromatic amines is 1. The highest BCUT2D eigenvalue weighted by Crippen LogP contribution is 2.04. The van der Waals surface area contributed by atoms with E-state index in [1.165, 1.54) is 0 Å². The lowest BCUT2D eigenvalue weighted by Crippen LogP contribution is -2.33. The average molecular weight is 202 g/mol. The minimum atomic E-state index is -1.42. The van der Waals surface area contributed by atoms with Gasteiger partial charge in [0.15, 0.2) is 0 Å². The molecule has 0 unspecified atom stereocenters. The molecule has 70 valence electrons. The fourth-order valence-corrected chi connectivity index (χ4v) is 1.19. The van der Waals surface area contributed by atoms with Crippen molar-refractivity contribution in [2.75, 3.05) is 6.26 Å². The minimum Gasteiger partial charge on any atom is -0.464 e. The van der Waals surface area contributed by atoms with Crippen LogP contribution in [-0.2, 0) is 0 Å². The van der Waals surface area contributed by atoms with Gasteiger partial charge in [-0.2, -0.15) is 0 Å². The third-order valence-electron chi connectivity index (χ3n) is 1.34. The highest BCUT2D eigenvalue weighted by molar-refractivity contribution is 7.98. The lowest BCUT2D eigenvalue weighted by molar-refractivity contribution is 0.194. The average Bonchev–Trinajstić information content (AvgIpc) is 2.03. The molecule has 1 aromatic heterocycles. The molecule has 1 aromatic rings. The smallest absolute Gasteiger partial charge is 0.419 e. The summed E-state index contributed by atoms with van der Waals surface area (Å²) >= 11 is 1.07. The van der Waals surface area contributed by atoms with E-state index in [1.54, 1.807) is 6.26 Å². The fourth-order valence-electron chi connectivity index (χ4n) is 0.741. The van der Waals surface area contributed by atoms with Crippen LogP contribution in [-0.4, -0.2) is 27.0 Å². The largest absolute Gasteiger partial charge is 0.464 e. The molecule has 0 spiro atoms. The van der Waals surface area contributed by atoms with Crippen LogP contribution in [0, 0.1) is 0 Å². The fraction of sp³-hybridized carbons (Fsp3) is 0.167. The standard InChI is InChI=1S/C6H6N2O4S/c1-13-3-2-8(6(11)12)5(10)7-4(3)9/h2H,1H3,(H,11,12)(H,7,9,10). The van der Waals surface area contributed by atoms with Crippen LogP contribution in [0.5, 0.6) is 0 Å². The molecule has 0 bridgehead atoms. The molecule has 0 aliphatic rings. The SMILES string of the molecule is CSc1cn(C(=O)O)c(=O)[nH]c1=O. The van der Waals surface area contributed by atoms with Crippen molar-refractivity contribution in [3.05, 3.63) is 27.0 Å². The van der Waals surface area contributed by atoms with Crippen molar-refractivity contribution in [1.82, 2.24) is 9.55 Å². The van der Waals surface area contributed by atoms with Gasteiger partial charge in [0, 0.05) is 6.20 Å². The van der Waals surface area contributed by atoms with E-state index in [4.69, 9.17) is 5.11 Å². The molecule has 0 aromatic carbocycles. The highest BCUT2D eigenvalue weighted by Gasteiger charge is 2.07. The lowest BCUT2D eigenvalue weighted by Gasteiger charge is -1.98. The zero-order chi connectivity index (χ0) is 10.0. The first-order valence-corrected chi connectivity index (χ1v) is 4.42. The Hall–Kier alpha value is -1.50. The second-order valence-corrected chi connectivity index (χ2v) is 2.96. The van der Waals surface area contributed by atoms with Crippen molar-refractivity contribution >= 4 is 17.9 Å². The molecule has 0 radical (unpaired) electrons. The predicted octanol–water partition coefficient (Wildman–Crippen LogP) is -0.215. The summed E-state index contributed by atoms with van der Waals surface area (Å²) in [5, 5.41) is 8.51. The second-order valence-electron chi connectivity index (χ2n) is 2.11. The Morgan fingerprint density at radius 1 is 1.62 bits per heavy atom. The number of hydrogen-bond acceptors (Lipinski definition) is 4.